The maximum Gasteiger partial charge on any atom is 0.302 e. The Labute approximate surface area is 64.6 Å². The van der Waals surface area contributed by atoms with Crippen LogP contribution < -0.4 is 0 Å². The molecule has 0 rings (SSSR count). The average Bonchev–Trinajstić information content (AvgIpc) is 1.66. The van der Waals surface area contributed by atoms with Gasteiger partial charge in [0.1, 0.15) is 6.61 Å². The molecule has 0 aliphatic carbocycles. The summed E-state index contributed by atoms with van der Waals surface area (Å²) in [7, 11) is 1.56. The number of esters is 1. The van der Waals surface area contributed by atoms with Crippen LogP contribution in [0.2, 0.25) is 0 Å². The van der Waals surface area contributed by atoms with Gasteiger partial charge in [-0.2, -0.15) is 0 Å². The standard InChI is InChI=1S/C5H10O3.Ni/c1-5(6)8-4-3-7-2;/h3-4H2,1-2H3;. The van der Waals surface area contributed by atoms with Gasteiger partial charge < -0.3 is 9.47 Å². The van der Waals surface area contributed by atoms with Crippen molar-refractivity contribution in [2.75, 3.05) is 20.3 Å². The molecule has 0 aromatic carbocycles. The molecular weight excluding hydrogens is 167 g/mol. The number of ether oxygens (including phenoxy) is 2. The quantitative estimate of drug-likeness (QED) is 0.350. The van der Waals surface area contributed by atoms with Crippen molar-refractivity contribution >= 4 is 5.97 Å². The molecule has 0 aliphatic heterocycles. The van der Waals surface area contributed by atoms with Gasteiger partial charge >= 0.3 is 5.97 Å². The van der Waals surface area contributed by atoms with Crippen molar-refractivity contribution in [1.82, 2.24) is 0 Å². The van der Waals surface area contributed by atoms with E-state index >= 15 is 0 Å². The maximum absolute atomic E-state index is 10.0. The Kier molecular flexibility index (Phi) is 10.3. The SMILES string of the molecule is COCCOC(C)=O.[Ni]. The van der Waals surface area contributed by atoms with Gasteiger partial charge in [-0.3, -0.25) is 4.79 Å². The molecule has 0 unspecified atom stereocenters. The number of rotatable bonds is 3. The van der Waals surface area contributed by atoms with Crippen molar-refractivity contribution in [2.24, 2.45) is 0 Å². The van der Waals surface area contributed by atoms with Crippen LogP contribution in [0, 0.1) is 0 Å². The van der Waals surface area contributed by atoms with Crippen LogP contribution in [-0.2, 0) is 30.8 Å². The summed E-state index contributed by atoms with van der Waals surface area (Å²) >= 11 is 0. The van der Waals surface area contributed by atoms with E-state index in [0.29, 0.717) is 13.2 Å². The third-order valence-corrected chi connectivity index (χ3v) is 0.593. The topological polar surface area (TPSA) is 35.5 Å². The molecule has 0 radical (unpaired) electrons. The van der Waals surface area contributed by atoms with Crippen LogP contribution in [-0.4, -0.2) is 26.3 Å². The predicted octanol–water partition coefficient (Wildman–Crippen LogP) is 0.193. The van der Waals surface area contributed by atoms with Gasteiger partial charge in [0, 0.05) is 30.5 Å². The maximum atomic E-state index is 10.0. The van der Waals surface area contributed by atoms with E-state index in [1.807, 2.05) is 0 Å². The first kappa shape index (κ1) is 11.7. The molecule has 0 amide bonds. The van der Waals surface area contributed by atoms with Crippen LogP contribution in [0.5, 0.6) is 0 Å². The van der Waals surface area contributed by atoms with Crippen molar-refractivity contribution < 1.29 is 30.8 Å². The summed E-state index contributed by atoms with van der Waals surface area (Å²) in [4.78, 5) is 10.0. The number of hydrogen-bond donors (Lipinski definition) is 0. The number of carbonyl (C=O) groups excluding carboxylic acids is 1. The van der Waals surface area contributed by atoms with Gasteiger partial charge in [0.05, 0.1) is 6.61 Å². The summed E-state index contributed by atoms with van der Waals surface area (Å²) in [5, 5.41) is 0. The van der Waals surface area contributed by atoms with Gasteiger partial charge in [-0.05, 0) is 0 Å². The smallest absolute Gasteiger partial charge is 0.302 e. The molecule has 0 saturated carbocycles. The van der Waals surface area contributed by atoms with E-state index in [9.17, 15) is 4.79 Å². The summed E-state index contributed by atoms with van der Waals surface area (Å²) < 4.78 is 9.13. The van der Waals surface area contributed by atoms with Crippen molar-refractivity contribution in [1.29, 1.82) is 0 Å². The molecule has 0 aromatic heterocycles. The Bertz CT molecular complexity index is 74.6. The van der Waals surface area contributed by atoms with Crippen molar-refractivity contribution in [3.63, 3.8) is 0 Å². The Morgan fingerprint density at radius 1 is 1.44 bits per heavy atom. The van der Waals surface area contributed by atoms with Gasteiger partial charge in [-0.25, -0.2) is 0 Å². The summed E-state index contributed by atoms with van der Waals surface area (Å²) in [6.07, 6.45) is 0. The Morgan fingerprint density at radius 3 is 2.33 bits per heavy atom. The third kappa shape index (κ3) is 11.5. The number of carbonyl (C=O) groups is 1. The Balaban J connectivity index is 0. The largest absolute Gasteiger partial charge is 0.463 e. The van der Waals surface area contributed by atoms with E-state index in [1.165, 1.54) is 6.92 Å². The van der Waals surface area contributed by atoms with Gasteiger partial charge in [0.2, 0.25) is 0 Å². The minimum Gasteiger partial charge on any atom is -0.463 e. The fraction of sp³-hybridized carbons (Fsp3) is 0.800. The molecule has 0 bridgehead atoms. The van der Waals surface area contributed by atoms with Gasteiger partial charge in [-0.15, -0.1) is 0 Å². The molecule has 0 aromatic rings. The second-order valence-corrected chi connectivity index (χ2v) is 1.33. The fourth-order valence-electron chi connectivity index (χ4n) is 0.269. The van der Waals surface area contributed by atoms with E-state index < -0.39 is 0 Å². The van der Waals surface area contributed by atoms with Crippen LogP contribution in [0.25, 0.3) is 0 Å². The number of hydrogen-bond acceptors (Lipinski definition) is 3. The van der Waals surface area contributed by atoms with E-state index in [-0.39, 0.29) is 22.5 Å². The molecule has 0 atom stereocenters. The van der Waals surface area contributed by atoms with Crippen LogP contribution in [0.15, 0.2) is 0 Å². The van der Waals surface area contributed by atoms with Crippen molar-refractivity contribution in [3.8, 4) is 0 Å². The first-order valence-electron chi connectivity index (χ1n) is 2.39. The molecule has 0 saturated heterocycles. The first-order valence-corrected chi connectivity index (χ1v) is 2.39. The fourth-order valence-corrected chi connectivity index (χ4v) is 0.269. The van der Waals surface area contributed by atoms with E-state index in [0.717, 1.165) is 0 Å². The molecule has 0 heterocycles. The molecule has 3 nitrogen and oxygen atoms in total. The second kappa shape index (κ2) is 7.92. The normalized spacial score (nSPS) is 7.78. The summed E-state index contributed by atoms with van der Waals surface area (Å²) in [5.41, 5.74) is 0. The Hall–Kier alpha value is -0.0765. The third-order valence-electron chi connectivity index (χ3n) is 0.593. The van der Waals surface area contributed by atoms with Crippen molar-refractivity contribution in [3.05, 3.63) is 0 Å². The first-order chi connectivity index (χ1) is 3.77. The van der Waals surface area contributed by atoms with E-state index in [4.69, 9.17) is 0 Å². The zero-order valence-corrected chi connectivity index (χ0v) is 6.44. The monoisotopic (exact) mass is 176 g/mol. The number of methoxy groups -OCH3 is 1. The van der Waals surface area contributed by atoms with Gasteiger partial charge in [-0.1, -0.05) is 0 Å². The summed E-state index contributed by atoms with van der Waals surface area (Å²) in [5.74, 6) is -0.262. The summed E-state index contributed by atoms with van der Waals surface area (Å²) in [6, 6.07) is 0. The minimum atomic E-state index is -0.262. The van der Waals surface area contributed by atoms with Crippen LogP contribution in [0.4, 0.5) is 0 Å². The minimum absolute atomic E-state index is 0. The molecule has 4 heteroatoms. The zero-order chi connectivity index (χ0) is 6.41. The Morgan fingerprint density at radius 2 is 2.00 bits per heavy atom. The predicted molar refractivity (Wildman–Crippen MR) is 28.5 cm³/mol. The van der Waals surface area contributed by atoms with Crippen LogP contribution in [0.1, 0.15) is 6.92 Å². The van der Waals surface area contributed by atoms with Gasteiger partial charge in [0.15, 0.2) is 0 Å². The molecule has 0 spiro atoms. The molecule has 0 fully saturated rings. The van der Waals surface area contributed by atoms with Gasteiger partial charge in [0.25, 0.3) is 0 Å². The van der Waals surface area contributed by atoms with E-state index in [2.05, 4.69) is 9.47 Å². The van der Waals surface area contributed by atoms with Crippen molar-refractivity contribution in [2.45, 2.75) is 6.92 Å². The molecular formula is C5H10NiO3. The van der Waals surface area contributed by atoms with Crippen LogP contribution >= 0.6 is 0 Å². The molecule has 58 valence electrons. The summed E-state index contributed by atoms with van der Waals surface area (Å²) in [6.45, 7) is 2.20. The van der Waals surface area contributed by atoms with Crippen LogP contribution in [0.3, 0.4) is 0 Å². The molecule has 0 N–H and O–H groups in total. The average molecular weight is 177 g/mol. The zero-order valence-electron chi connectivity index (χ0n) is 5.46. The second-order valence-electron chi connectivity index (χ2n) is 1.33. The van der Waals surface area contributed by atoms with E-state index in [1.54, 1.807) is 7.11 Å². The molecule has 0 aliphatic rings. The molecule has 9 heavy (non-hydrogen) atoms.